The third-order valence-electron chi connectivity index (χ3n) is 5.50. The fraction of sp³-hybridized carbons (Fsp3) is 0.941. The van der Waals surface area contributed by atoms with Crippen LogP contribution in [-0.4, -0.2) is 58.1 Å². The van der Waals surface area contributed by atoms with E-state index in [1.807, 2.05) is 0 Å². The number of hydrogen-bond donors (Lipinski definition) is 1. The van der Waals surface area contributed by atoms with Crippen molar-refractivity contribution in [3.05, 3.63) is 0 Å². The zero-order chi connectivity index (χ0) is 15.5. The average Bonchev–Trinajstić information content (AvgIpc) is 2.70. The Kier molecular flexibility index (Phi) is 5.67. The van der Waals surface area contributed by atoms with Gasteiger partial charge in [0.2, 0.25) is 0 Å². The SMILES string of the molecule is CCCC1(C(=O)O)CCCN1C1CCCN(C(C)C)CC1. The van der Waals surface area contributed by atoms with E-state index in [0.717, 1.165) is 58.2 Å². The van der Waals surface area contributed by atoms with E-state index in [1.54, 1.807) is 0 Å². The van der Waals surface area contributed by atoms with Crippen LogP contribution in [0.3, 0.4) is 0 Å². The number of carboxylic acid groups (broad SMARTS) is 1. The Morgan fingerprint density at radius 1 is 1.24 bits per heavy atom. The molecule has 0 aromatic rings. The van der Waals surface area contributed by atoms with Crippen LogP contribution in [0.2, 0.25) is 0 Å². The average molecular weight is 296 g/mol. The van der Waals surface area contributed by atoms with Crippen molar-refractivity contribution >= 4 is 5.97 Å². The molecule has 122 valence electrons. The number of aliphatic carboxylic acids is 1. The van der Waals surface area contributed by atoms with Crippen LogP contribution < -0.4 is 0 Å². The standard InChI is InChI=1S/C17H32N2O2/c1-4-9-17(16(20)21)10-6-12-19(17)15-7-5-11-18(13-8-15)14(2)3/h14-15H,4-13H2,1-3H3,(H,20,21). The van der Waals surface area contributed by atoms with E-state index in [0.29, 0.717) is 12.1 Å². The number of nitrogens with zero attached hydrogens (tertiary/aromatic N) is 2. The van der Waals surface area contributed by atoms with Gasteiger partial charge < -0.3 is 10.0 Å². The number of carboxylic acids is 1. The molecule has 2 aliphatic heterocycles. The van der Waals surface area contributed by atoms with Gasteiger partial charge in [0, 0.05) is 12.1 Å². The van der Waals surface area contributed by atoms with Crippen molar-refractivity contribution < 1.29 is 9.90 Å². The second-order valence-corrected chi connectivity index (χ2v) is 7.10. The highest BCUT2D eigenvalue weighted by molar-refractivity contribution is 5.79. The Hall–Kier alpha value is -0.610. The van der Waals surface area contributed by atoms with Crippen LogP contribution in [-0.2, 0) is 4.79 Å². The third-order valence-corrected chi connectivity index (χ3v) is 5.50. The number of rotatable bonds is 5. The molecular formula is C17H32N2O2. The quantitative estimate of drug-likeness (QED) is 0.847. The molecule has 0 saturated carbocycles. The zero-order valence-electron chi connectivity index (χ0n) is 14.0. The third kappa shape index (κ3) is 3.42. The molecule has 2 saturated heterocycles. The van der Waals surface area contributed by atoms with Crippen LogP contribution in [0.5, 0.6) is 0 Å². The highest BCUT2D eigenvalue weighted by atomic mass is 16.4. The molecule has 2 rings (SSSR count). The van der Waals surface area contributed by atoms with Crippen molar-refractivity contribution in [1.82, 2.24) is 9.80 Å². The molecule has 0 radical (unpaired) electrons. The lowest BCUT2D eigenvalue weighted by molar-refractivity contribution is -0.152. The van der Waals surface area contributed by atoms with Crippen LogP contribution in [0, 0.1) is 0 Å². The van der Waals surface area contributed by atoms with Crippen LogP contribution >= 0.6 is 0 Å². The summed E-state index contributed by atoms with van der Waals surface area (Å²) in [6.07, 6.45) is 7.09. The predicted molar refractivity (Wildman–Crippen MR) is 85.6 cm³/mol. The zero-order valence-corrected chi connectivity index (χ0v) is 14.0. The topological polar surface area (TPSA) is 43.8 Å². The van der Waals surface area contributed by atoms with E-state index in [1.165, 1.54) is 6.42 Å². The Morgan fingerprint density at radius 3 is 2.62 bits per heavy atom. The van der Waals surface area contributed by atoms with E-state index in [-0.39, 0.29) is 0 Å². The summed E-state index contributed by atoms with van der Waals surface area (Å²) in [5, 5.41) is 9.85. The highest BCUT2D eigenvalue weighted by Gasteiger charge is 2.49. The van der Waals surface area contributed by atoms with Gasteiger partial charge >= 0.3 is 5.97 Å². The summed E-state index contributed by atoms with van der Waals surface area (Å²) in [5.41, 5.74) is -0.577. The van der Waals surface area contributed by atoms with Crippen LogP contribution in [0.1, 0.15) is 65.7 Å². The molecule has 2 heterocycles. The van der Waals surface area contributed by atoms with Crippen LogP contribution in [0.25, 0.3) is 0 Å². The van der Waals surface area contributed by atoms with E-state index in [9.17, 15) is 9.90 Å². The minimum atomic E-state index is -0.591. The fourth-order valence-electron chi connectivity index (χ4n) is 4.38. The van der Waals surface area contributed by atoms with Gasteiger partial charge in [-0.25, -0.2) is 0 Å². The summed E-state index contributed by atoms with van der Waals surface area (Å²) in [4.78, 5) is 16.9. The molecule has 0 aliphatic carbocycles. The van der Waals surface area contributed by atoms with Crippen LogP contribution in [0.15, 0.2) is 0 Å². The van der Waals surface area contributed by atoms with E-state index < -0.39 is 11.5 Å². The lowest BCUT2D eigenvalue weighted by atomic mass is 9.88. The molecule has 0 aromatic carbocycles. The Bertz CT molecular complexity index is 359. The van der Waals surface area contributed by atoms with Crippen LogP contribution in [0.4, 0.5) is 0 Å². The predicted octanol–water partition coefficient (Wildman–Crippen LogP) is 2.97. The molecule has 0 aromatic heterocycles. The lowest BCUT2D eigenvalue weighted by Gasteiger charge is -2.40. The molecule has 2 aliphatic rings. The first kappa shape index (κ1) is 16.8. The highest BCUT2D eigenvalue weighted by Crippen LogP contribution is 2.38. The maximum atomic E-state index is 12.0. The molecule has 21 heavy (non-hydrogen) atoms. The second kappa shape index (κ2) is 7.10. The summed E-state index contributed by atoms with van der Waals surface area (Å²) in [6.45, 7) is 9.87. The summed E-state index contributed by atoms with van der Waals surface area (Å²) in [5.74, 6) is -0.591. The number of carbonyl (C=O) groups is 1. The maximum absolute atomic E-state index is 12.0. The van der Waals surface area contributed by atoms with Gasteiger partial charge in [-0.05, 0) is 72.0 Å². The van der Waals surface area contributed by atoms with Gasteiger partial charge in [0.15, 0.2) is 0 Å². The summed E-state index contributed by atoms with van der Waals surface area (Å²) in [6, 6.07) is 1.06. The Labute approximate surface area is 129 Å². The van der Waals surface area contributed by atoms with Gasteiger partial charge in [0.25, 0.3) is 0 Å². The van der Waals surface area contributed by atoms with E-state index >= 15 is 0 Å². The van der Waals surface area contributed by atoms with Gasteiger partial charge in [-0.15, -0.1) is 0 Å². The van der Waals surface area contributed by atoms with Gasteiger partial charge in [-0.1, -0.05) is 13.3 Å². The summed E-state index contributed by atoms with van der Waals surface area (Å²) >= 11 is 0. The number of likely N-dealkylation sites (tertiary alicyclic amines) is 2. The van der Waals surface area contributed by atoms with Crippen molar-refractivity contribution in [3.8, 4) is 0 Å². The summed E-state index contributed by atoms with van der Waals surface area (Å²) in [7, 11) is 0. The van der Waals surface area contributed by atoms with Crippen molar-refractivity contribution in [2.75, 3.05) is 19.6 Å². The molecule has 0 amide bonds. The van der Waals surface area contributed by atoms with Gasteiger partial charge in [0.05, 0.1) is 0 Å². The molecule has 4 heteroatoms. The second-order valence-electron chi connectivity index (χ2n) is 7.10. The summed E-state index contributed by atoms with van der Waals surface area (Å²) < 4.78 is 0. The minimum absolute atomic E-state index is 0.457. The minimum Gasteiger partial charge on any atom is -0.480 e. The van der Waals surface area contributed by atoms with Gasteiger partial charge in [-0.2, -0.15) is 0 Å². The van der Waals surface area contributed by atoms with Crippen molar-refractivity contribution in [3.63, 3.8) is 0 Å². The Morgan fingerprint density at radius 2 is 2.00 bits per heavy atom. The first-order valence-electron chi connectivity index (χ1n) is 8.75. The van der Waals surface area contributed by atoms with Crippen molar-refractivity contribution in [1.29, 1.82) is 0 Å². The molecule has 2 unspecified atom stereocenters. The first-order valence-corrected chi connectivity index (χ1v) is 8.75. The molecule has 2 fully saturated rings. The van der Waals surface area contributed by atoms with Crippen molar-refractivity contribution in [2.24, 2.45) is 0 Å². The molecule has 2 atom stereocenters. The molecule has 4 nitrogen and oxygen atoms in total. The normalized spacial score (nSPS) is 32.5. The molecule has 1 N–H and O–H groups in total. The van der Waals surface area contributed by atoms with E-state index in [2.05, 4.69) is 30.6 Å². The molecule has 0 spiro atoms. The smallest absolute Gasteiger partial charge is 0.324 e. The number of hydrogen-bond acceptors (Lipinski definition) is 3. The largest absolute Gasteiger partial charge is 0.480 e. The van der Waals surface area contributed by atoms with Gasteiger partial charge in [-0.3, -0.25) is 9.69 Å². The maximum Gasteiger partial charge on any atom is 0.324 e. The molecule has 0 bridgehead atoms. The van der Waals surface area contributed by atoms with E-state index in [4.69, 9.17) is 0 Å². The van der Waals surface area contributed by atoms with Gasteiger partial charge in [0.1, 0.15) is 5.54 Å². The fourth-order valence-corrected chi connectivity index (χ4v) is 4.38. The molecular weight excluding hydrogens is 264 g/mol. The monoisotopic (exact) mass is 296 g/mol. The lowest BCUT2D eigenvalue weighted by Crippen LogP contribution is -2.54. The first-order chi connectivity index (χ1) is 10.0. The van der Waals surface area contributed by atoms with Crippen molar-refractivity contribution in [2.45, 2.75) is 83.3 Å². The Balaban J connectivity index is 2.10.